The van der Waals surface area contributed by atoms with Crippen LogP contribution in [0, 0.1) is 0 Å². The number of carbonyl (C=O) groups is 3. The zero-order chi connectivity index (χ0) is 76.6. The number of carbonyl (C=O) groups excluding carboxylic acids is 3. The summed E-state index contributed by atoms with van der Waals surface area (Å²) in [4.78, 5) is 43.3. The number of hydrogen-bond donors (Lipinski definition) is 1. The number of aliphatic hydroxyl groups excluding tert-OH is 1. The second-order valence-corrected chi connectivity index (χ2v) is 27.5. The Kier molecular flexibility index (Phi) is 31.8. The highest BCUT2D eigenvalue weighted by atomic mass is 16.8. The largest absolute Gasteiger partial charge is 0.467 e. The monoisotopic (exact) mass is 1510 g/mol. The number of amides is 1. The standard InChI is InChI=1S/C90H99NO20/c1-64(92)106-80-76(93)79(101-57-69-41-21-7-22-42-69)83(86(94)96-2)111-88(80)110-82-77(100-56-68-39-19-6-20-40-68)74(62-97-54-66-35-15-4-16-36-66)108-89(85(82)104-60-72-47-27-10-28-48-72)109-78-75(63-98-55-67-37-17-5-18-38-67)107-87(84(103-59-71-45-25-9-26-46-71)81(78)102-58-70-43-23-8-24-44-70)99-52-32-12-31-51-91(53-65-33-13-3-14-34-65)90(95)105-61-73-49-29-11-30-50-73/h3-11,13-30,33-50,74-85,87-89,93H,12,31-32,51-63H2,1-2H3/t74-,75-,76+,77+,78-,79+,80-,81+,82+,83+,84-,85-,87-,88-,89+/m1/s1. The number of benzene rings is 9. The first-order valence-corrected chi connectivity index (χ1v) is 37.9. The lowest BCUT2D eigenvalue weighted by atomic mass is 9.95. The fraction of sp³-hybridized carbons (Fsp3) is 0.367. The van der Waals surface area contributed by atoms with Crippen molar-refractivity contribution in [2.75, 3.05) is 33.5 Å². The highest BCUT2D eigenvalue weighted by Gasteiger charge is 2.58. The molecule has 1 amide bonds. The van der Waals surface area contributed by atoms with Crippen LogP contribution in [-0.4, -0.2) is 154 Å². The summed E-state index contributed by atoms with van der Waals surface area (Å²) in [6.45, 7) is 2.51. The van der Waals surface area contributed by atoms with Gasteiger partial charge in [-0.3, -0.25) is 4.79 Å². The number of ether oxygens (including phenoxy) is 16. The Labute approximate surface area is 649 Å². The summed E-state index contributed by atoms with van der Waals surface area (Å²) in [5.74, 6) is -1.70. The van der Waals surface area contributed by atoms with Crippen LogP contribution in [0.5, 0.6) is 0 Å². The van der Waals surface area contributed by atoms with Gasteiger partial charge in [-0.05, 0) is 69.3 Å². The van der Waals surface area contributed by atoms with Gasteiger partial charge in [0.25, 0.3) is 0 Å². The van der Waals surface area contributed by atoms with Crippen LogP contribution in [0.25, 0.3) is 0 Å². The summed E-state index contributed by atoms with van der Waals surface area (Å²) in [5, 5.41) is 12.7. The van der Waals surface area contributed by atoms with Crippen LogP contribution in [0.2, 0.25) is 0 Å². The molecule has 3 aliphatic rings. The van der Waals surface area contributed by atoms with Gasteiger partial charge in [0, 0.05) is 26.6 Å². The summed E-state index contributed by atoms with van der Waals surface area (Å²) in [7, 11) is 1.19. The first-order chi connectivity index (χ1) is 54.6. The first kappa shape index (κ1) is 81.1. The lowest BCUT2D eigenvalue weighted by Gasteiger charge is -2.51. The number of unbranched alkanes of at least 4 members (excludes halogenated alkanes) is 2. The van der Waals surface area contributed by atoms with Crippen molar-refractivity contribution in [3.8, 4) is 0 Å². The quantitative estimate of drug-likeness (QED) is 0.0214. The van der Waals surface area contributed by atoms with Crippen molar-refractivity contribution in [3.63, 3.8) is 0 Å². The highest BCUT2D eigenvalue weighted by molar-refractivity contribution is 5.76. The normalized spacial score (nSPS) is 23.8. The molecule has 0 aromatic heterocycles. The van der Waals surface area contributed by atoms with E-state index in [9.17, 15) is 19.5 Å². The molecule has 15 atom stereocenters. The molecule has 9 aromatic carbocycles. The second-order valence-electron chi connectivity index (χ2n) is 27.5. The molecule has 1 N–H and O–H groups in total. The van der Waals surface area contributed by atoms with Crippen molar-refractivity contribution in [1.82, 2.24) is 4.90 Å². The number of hydrogen-bond acceptors (Lipinski definition) is 20. The van der Waals surface area contributed by atoms with E-state index in [4.69, 9.17) is 75.8 Å². The lowest BCUT2D eigenvalue weighted by Crippen LogP contribution is -2.68. The molecule has 111 heavy (non-hydrogen) atoms. The van der Waals surface area contributed by atoms with Gasteiger partial charge in [-0.2, -0.15) is 0 Å². The van der Waals surface area contributed by atoms with E-state index in [-0.39, 0.29) is 72.7 Å². The molecular formula is C90H99NO20. The molecule has 0 saturated carbocycles. The second kappa shape index (κ2) is 43.4. The van der Waals surface area contributed by atoms with Gasteiger partial charge in [-0.25, -0.2) is 9.59 Å². The molecule has 3 aliphatic heterocycles. The van der Waals surface area contributed by atoms with E-state index in [1.165, 1.54) is 14.0 Å². The Morgan fingerprint density at radius 3 is 1.16 bits per heavy atom. The Balaban J connectivity index is 0.921. The van der Waals surface area contributed by atoms with Crippen molar-refractivity contribution < 1.29 is 95.3 Å². The topological polar surface area (TPSA) is 222 Å². The fourth-order valence-electron chi connectivity index (χ4n) is 13.6. The minimum atomic E-state index is -1.77. The van der Waals surface area contributed by atoms with Gasteiger partial charge in [0.2, 0.25) is 0 Å². The molecule has 0 spiro atoms. The maximum Gasteiger partial charge on any atom is 0.410 e. The van der Waals surface area contributed by atoms with Gasteiger partial charge in [-0.1, -0.05) is 273 Å². The van der Waals surface area contributed by atoms with Crippen LogP contribution >= 0.6 is 0 Å². The van der Waals surface area contributed by atoms with Gasteiger partial charge >= 0.3 is 18.0 Å². The van der Waals surface area contributed by atoms with E-state index in [0.29, 0.717) is 32.4 Å². The highest BCUT2D eigenvalue weighted by Crippen LogP contribution is 2.40. The maximum absolute atomic E-state index is 14.2. The van der Waals surface area contributed by atoms with E-state index in [2.05, 4.69) is 0 Å². The molecule has 12 rings (SSSR count). The molecule has 3 saturated heterocycles. The van der Waals surface area contributed by atoms with Crippen molar-refractivity contribution in [2.45, 2.75) is 178 Å². The predicted octanol–water partition coefficient (Wildman–Crippen LogP) is 13.8. The van der Waals surface area contributed by atoms with Gasteiger partial charge in [0.1, 0.15) is 67.6 Å². The zero-order valence-corrected chi connectivity index (χ0v) is 62.6. The molecule has 0 unspecified atom stereocenters. The molecule has 0 aliphatic carbocycles. The van der Waals surface area contributed by atoms with Crippen molar-refractivity contribution in [1.29, 1.82) is 0 Å². The van der Waals surface area contributed by atoms with Gasteiger partial charge in [0.15, 0.2) is 31.1 Å². The summed E-state index contributed by atoms with van der Waals surface area (Å²) < 4.78 is 109. The predicted molar refractivity (Wildman–Crippen MR) is 410 cm³/mol. The Hall–Kier alpha value is -9.37. The fourth-order valence-corrected chi connectivity index (χ4v) is 13.6. The summed E-state index contributed by atoms with van der Waals surface area (Å²) >= 11 is 0. The Bertz CT molecular complexity index is 4110. The van der Waals surface area contributed by atoms with Gasteiger partial charge in [-0.15, -0.1) is 0 Å². The number of rotatable bonds is 40. The molecule has 0 bridgehead atoms. The molecule has 3 fully saturated rings. The smallest absolute Gasteiger partial charge is 0.410 e. The van der Waals surface area contributed by atoms with Gasteiger partial charge in [0.05, 0.1) is 66.6 Å². The Morgan fingerprint density at radius 1 is 0.360 bits per heavy atom. The van der Waals surface area contributed by atoms with E-state index in [1.54, 1.807) is 4.90 Å². The van der Waals surface area contributed by atoms with E-state index in [1.807, 2.05) is 273 Å². The SMILES string of the molecule is COC(=O)[C@H]1O[C@@H](O[C@H]2[C@@H](OCc3ccccc3)[C@@H](COCc3ccccc3)O[C@@H](O[C@H]3[C@H](OCc4ccccc4)[C@@H](OCc4ccccc4)[C@H](OCCCCCN(Cc4ccccc4)C(=O)OCc4ccccc4)O[C@@H]3COCc3ccccc3)[C@@H]2OCc2ccccc2)[C@H](OC(C)=O)[C@@H](O)[C@@H]1OCc1ccccc1. The van der Waals surface area contributed by atoms with Crippen molar-refractivity contribution >= 4 is 18.0 Å². The average molecular weight is 1510 g/mol. The summed E-state index contributed by atoms with van der Waals surface area (Å²) in [6.07, 6.45) is -18.8. The van der Waals surface area contributed by atoms with Crippen LogP contribution in [0.3, 0.4) is 0 Å². The summed E-state index contributed by atoms with van der Waals surface area (Å²) in [5.41, 5.74) is 7.64. The van der Waals surface area contributed by atoms with E-state index in [0.717, 1.165) is 50.1 Å². The minimum Gasteiger partial charge on any atom is -0.467 e. The maximum atomic E-state index is 14.2. The molecule has 0 radical (unpaired) electrons. The van der Waals surface area contributed by atoms with Crippen LogP contribution in [0.4, 0.5) is 4.79 Å². The van der Waals surface area contributed by atoms with Crippen molar-refractivity contribution in [2.24, 2.45) is 0 Å². The van der Waals surface area contributed by atoms with Crippen LogP contribution < -0.4 is 0 Å². The molecule has 21 nitrogen and oxygen atoms in total. The zero-order valence-electron chi connectivity index (χ0n) is 62.6. The van der Waals surface area contributed by atoms with E-state index >= 15 is 0 Å². The van der Waals surface area contributed by atoms with Crippen LogP contribution in [-0.2, 0) is 145 Å². The molecule has 9 aromatic rings. The van der Waals surface area contributed by atoms with Crippen molar-refractivity contribution in [3.05, 3.63) is 323 Å². The van der Waals surface area contributed by atoms with Crippen LogP contribution in [0.15, 0.2) is 273 Å². The minimum absolute atomic E-state index is 0.00753. The average Bonchev–Trinajstić information content (AvgIpc) is 0.763. The number of nitrogens with zero attached hydrogens (tertiary/aromatic N) is 1. The number of esters is 2. The molecule has 584 valence electrons. The lowest BCUT2D eigenvalue weighted by molar-refractivity contribution is -0.392. The van der Waals surface area contributed by atoms with Gasteiger partial charge < -0.3 is 85.8 Å². The third kappa shape index (κ3) is 24.6. The molecular weight excluding hydrogens is 1410 g/mol. The first-order valence-electron chi connectivity index (χ1n) is 37.9. The Morgan fingerprint density at radius 2 is 0.721 bits per heavy atom. The summed E-state index contributed by atoms with van der Waals surface area (Å²) in [6, 6.07) is 86.7. The van der Waals surface area contributed by atoms with E-state index < -0.39 is 110 Å². The van der Waals surface area contributed by atoms with Crippen LogP contribution in [0.1, 0.15) is 76.3 Å². The third-order valence-electron chi connectivity index (χ3n) is 19.3. The third-order valence-corrected chi connectivity index (χ3v) is 19.3. The number of aliphatic hydroxyl groups is 1. The number of methoxy groups -OCH3 is 1. The molecule has 21 heteroatoms. The molecule has 3 heterocycles.